The molecule has 0 aromatic heterocycles. The Morgan fingerprint density at radius 2 is 2.22 bits per heavy atom. The third kappa shape index (κ3) is 3.47. The molecule has 1 fully saturated rings. The van der Waals surface area contributed by atoms with Crippen molar-refractivity contribution in [3.63, 3.8) is 0 Å². The van der Waals surface area contributed by atoms with Crippen LogP contribution in [0.1, 0.15) is 13.3 Å². The topological polar surface area (TPSA) is 41.6 Å². The summed E-state index contributed by atoms with van der Waals surface area (Å²) in [7, 11) is 0. The maximum atomic E-state index is 12.0. The van der Waals surface area contributed by atoms with Gasteiger partial charge in [0.25, 0.3) is 0 Å². The van der Waals surface area contributed by atoms with Gasteiger partial charge in [-0.2, -0.15) is 0 Å². The standard InChI is InChI=1S/C14H20N2O2/c1-12-11-15-8-9-16(12)14(17)7-10-18-13-5-3-2-4-6-13/h2-6,12,15H,7-11H2,1H3/t12-/m0/s1. The fraction of sp³-hybridized carbons (Fsp3) is 0.500. The Morgan fingerprint density at radius 3 is 2.94 bits per heavy atom. The first-order valence-corrected chi connectivity index (χ1v) is 6.45. The van der Waals surface area contributed by atoms with Gasteiger partial charge in [0, 0.05) is 25.7 Å². The van der Waals surface area contributed by atoms with E-state index in [0.717, 1.165) is 25.4 Å². The molecule has 0 unspecified atom stereocenters. The van der Waals surface area contributed by atoms with Gasteiger partial charge in [-0.3, -0.25) is 4.79 Å². The second-order valence-corrected chi connectivity index (χ2v) is 4.55. The zero-order valence-corrected chi connectivity index (χ0v) is 10.8. The zero-order valence-electron chi connectivity index (χ0n) is 10.8. The van der Waals surface area contributed by atoms with Crippen molar-refractivity contribution in [2.45, 2.75) is 19.4 Å². The lowest BCUT2D eigenvalue weighted by Crippen LogP contribution is -2.52. The Labute approximate surface area is 108 Å². The summed E-state index contributed by atoms with van der Waals surface area (Å²) in [6.45, 7) is 5.08. The molecule has 1 aromatic rings. The maximum Gasteiger partial charge on any atom is 0.226 e. The van der Waals surface area contributed by atoms with Gasteiger partial charge in [-0.25, -0.2) is 0 Å². The van der Waals surface area contributed by atoms with Gasteiger partial charge in [-0.05, 0) is 19.1 Å². The van der Waals surface area contributed by atoms with Crippen LogP contribution in [-0.2, 0) is 4.79 Å². The van der Waals surface area contributed by atoms with Gasteiger partial charge in [0.2, 0.25) is 5.91 Å². The van der Waals surface area contributed by atoms with Crippen LogP contribution in [0, 0.1) is 0 Å². The summed E-state index contributed by atoms with van der Waals surface area (Å²) in [4.78, 5) is 14.0. The number of amides is 1. The predicted octanol–water partition coefficient (Wildman–Crippen LogP) is 1.28. The third-order valence-electron chi connectivity index (χ3n) is 3.15. The number of hydrogen-bond donors (Lipinski definition) is 1. The summed E-state index contributed by atoms with van der Waals surface area (Å²) in [5, 5.41) is 3.28. The van der Waals surface area contributed by atoms with E-state index in [4.69, 9.17) is 4.74 Å². The van der Waals surface area contributed by atoms with Crippen LogP contribution in [0.3, 0.4) is 0 Å². The van der Waals surface area contributed by atoms with Crippen LogP contribution in [0.4, 0.5) is 0 Å². The molecule has 2 rings (SSSR count). The summed E-state index contributed by atoms with van der Waals surface area (Å²) in [6.07, 6.45) is 0.444. The van der Waals surface area contributed by atoms with Gasteiger partial charge in [0.15, 0.2) is 0 Å². The van der Waals surface area contributed by atoms with Crippen LogP contribution in [0.15, 0.2) is 30.3 Å². The molecule has 1 heterocycles. The third-order valence-corrected chi connectivity index (χ3v) is 3.15. The first kappa shape index (κ1) is 12.9. The van der Waals surface area contributed by atoms with Crippen LogP contribution in [-0.4, -0.2) is 43.1 Å². The maximum absolute atomic E-state index is 12.0. The Morgan fingerprint density at radius 1 is 1.44 bits per heavy atom. The number of carbonyl (C=O) groups is 1. The Kier molecular flexibility index (Phi) is 4.59. The highest BCUT2D eigenvalue weighted by molar-refractivity contribution is 5.76. The monoisotopic (exact) mass is 248 g/mol. The molecule has 0 bridgehead atoms. The van der Waals surface area contributed by atoms with Crippen molar-refractivity contribution < 1.29 is 9.53 Å². The molecular weight excluding hydrogens is 228 g/mol. The van der Waals surface area contributed by atoms with Crippen LogP contribution in [0.5, 0.6) is 5.75 Å². The molecule has 1 saturated heterocycles. The molecule has 1 aliphatic rings. The quantitative estimate of drug-likeness (QED) is 0.872. The first-order valence-electron chi connectivity index (χ1n) is 6.45. The fourth-order valence-corrected chi connectivity index (χ4v) is 2.13. The predicted molar refractivity (Wildman–Crippen MR) is 70.6 cm³/mol. The molecule has 0 saturated carbocycles. The summed E-state index contributed by atoms with van der Waals surface area (Å²) < 4.78 is 5.54. The molecule has 1 atom stereocenters. The summed E-state index contributed by atoms with van der Waals surface area (Å²) in [6, 6.07) is 9.88. The van der Waals surface area contributed by atoms with Crippen LogP contribution in [0.2, 0.25) is 0 Å². The minimum Gasteiger partial charge on any atom is -0.493 e. The smallest absolute Gasteiger partial charge is 0.226 e. The average molecular weight is 248 g/mol. The Bertz CT molecular complexity index is 381. The second-order valence-electron chi connectivity index (χ2n) is 4.55. The van der Waals surface area contributed by atoms with Gasteiger partial charge in [0.05, 0.1) is 13.0 Å². The molecular formula is C14H20N2O2. The first-order chi connectivity index (χ1) is 8.77. The molecule has 1 N–H and O–H groups in total. The largest absolute Gasteiger partial charge is 0.493 e. The van der Waals surface area contributed by atoms with Crippen molar-refractivity contribution in [1.29, 1.82) is 0 Å². The second kappa shape index (κ2) is 6.40. The molecule has 4 heteroatoms. The number of hydrogen-bond acceptors (Lipinski definition) is 3. The van der Waals surface area contributed by atoms with E-state index in [-0.39, 0.29) is 11.9 Å². The number of rotatable bonds is 4. The van der Waals surface area contributed by atoms with E-state index < -0.39 is 0 Å². The van der Waals surface area contributed by atoms with E-state index in [0.29, 0.717) is 13.0 Å². The van der Waals surface area contributed by atoms with Crippen LogP contribution in [0.25, 0.3) is 0 Å². The summed E-state index contributed by atoms with van der Waals surface area (Å²) >= 11 is 0. The van der Waals surface area contributed by atoms with Crippen molar-refractivity contribution in [1.82, 2.24) is 10.2 Å². The van der Waals surface area contributed by atoms with E-state index in [1.54, 1.807) is 0 Å². The van der Waals surface area contributed by atoms with Crippen molar-refractivity contribution in [3.8, 4) is 5.75 Å². The van der Waals surface area contributed by atoms with Crippen molar-refractivity contribution in [2.75, 3.05) is 26.2 Å². The van der Waals surface area contributed by atoms with E-state index in [1.165, 1.54) is 0 Å². The fourth-order valence-electron chi connectivity index (χ4n) is 2.13. The lowest BCUT2D eigenvalue weighted by molar-refractivity contribution is -0.134. The molecule has 1 aliphatic heterocycles. The van der Waals surface area contributed by atoms with Gasteiger partial charge in [-0.15, -0.1) is 0 Å². The van der Waals surface area contributed by atoms with Crippen molar-refractivity contribution in [2.24, 2.45) is 0 Å². The van der Waals surface area contributed by atoms with Gasteiger partial charge in [-0.1, -0.05) is 18.2 Å². The molecule has 4 nitrogen and oxygen atoms in total. The van der Waals surface area contributed by atoms with E-state index in [2.05, 4.69) is 12.2 Å². The Hall–Kier alpha value is -1.55. The molecule has 0 radical (unpaired) electrons. The molecule has 1 aromatic carbocycles. The minimum atomic E-state index is 0.180. The number of ether oxygens (including phenoxy) is 1. The van der Waals surface area contributed by atoms with E-state index in [1.807, 2.05) is 35.2 Å². The highest BCUT2D eigenvalue weighted by Gasteiger charge is 2.22. The normalized spacial score (nSPS) is 19.6. The summed E-state index contributed by atoms with van der Waals surface area (Å²) in [5.74, 6) is 0.999. The SMILES string of the molecule is C[C@H]1CNCCN1C(=O)CCOc1ccccc1. The Balaban J connectivity index is 1.74. The lowest BCUT2D eigenvalue weighted by Gasteiger charge is -2.34. The number of piperazine rings is 1. The summed E-state index contributed by atoms with van der Waals surface area (Å²) in [5.41, 5.74) is 0. The minimum absolute atomic E-state index is 0.180. The van der Waals surface area contributed by atoms with Crippen molar-refractivity contribution in [3.05, 3.63) is 30.3 Å². The van der Waals surface area contributed by atoms with Gasteiger partial charge in [0.1, 0.15) is 5.75 Å². The molecule has 98 valence electrons. The van der Waals surface area contributed by atoms with E-state index >= 15 is 0 Å². The van der Waals surface area contributed by atoms with Crippen LogP contribution >= 0.6 is 0 Å². The van der Waals surface area contributed by atoms with Crippen LogP contribution < -0.4 is 10.1 Å². The molecule has 0 aliphatic carbocycles. The van der Waals surface area contributed by atoms with Gasteiger partial charge >= 0.3 is 0 Å². The highest BCUT2D eigenvalue weighted by atomic mass is 16.5. The van der Waals surface area contributed by atoms with Crippen molar-refractivity contribution >= 4 is 5.91 Å². The highest BCUT2D eigenvalue weighted by Crippen LogP contribution is 2.10. The average Bonchev–Trinajstić information content (AvgIpc) is 2.40. The van der Waals surface area contributed by atoms with E-state index in [9.17, 15) is 4.79 Å². The zero-order chi connectivity index (χ0) is 12.8. The molecule has 18 heavy (non-hydrogen) atoms. The number of benzene rings is 1. The number of nitrogens with one attached hydrogen (secondary N) is 1. The lowest BCUT2D eigenvalue weighted by atomic mass is 10.2. The molecule has 1 amide bonds. The number of nitrogens with zero attached hydrogens (tertiary/aromatic N) is 1. The number of carbonyl (C=O) groups excluding carboxylic acids is 1. The molecule has 0 spiro atoms. The van der Waals surface area contributed by atoms with Gasteiger partial charge < -0.3 is 15.0 Å². The number of para-hydroxylation sites is 1.